The van der Waals surface area contributed by atoms with Crippen molar-refractivity contribution >= 4 is 5.82 Å². The van der Waals surface area contributed by atoms with Crippen LogP contribution in [0.2, 0.25) is 0 Å². The summed E-state index contributed by atoms with van der Waals surface area (Å²) in [5.74, 6) is -2.03. The van der Waals surface area contributed by atoms with Crippen molar-refractivity contribution in [3.05, 3.63) is 71.9 Å². The molecule has 0 atom stereocenters. The first-order valence-corrected chi connectivity index (χ1v) is 11.3. The monoisotopic (exact) mass is 477 g/mol. The summed E-state index contributed by atoms with van der Waals surface area (Å²) < 4.78 is 29.4. The number of aromatic nitrogens is 4. The third-order valence-electron chi connectivity index (χ3n) is 6.27. The van der Waals surface area contributed by atoms with Crippen molar-refractivity contribution in [1.29, 1.82) is 0 Å². The molecule has 1 aliphatic heterocycles. The lowest BCUT2D eigenvalue weighted by atomic mass is 10.0. The third kappa shape index (κ3) is 4.58. The Morgan fingerprint density at radius 1 is 0.971 bits per heavy atom. The van der Waals surface area contributed by atoms with Crippen LogP contribution in [0, 0.1) is 11.6 Å². The standard InChI is InChI=1S/C25H25F2N7O/c1-32-9-11-33(12-10-32)15-16-5-7-17(8-6-16)18-13-19(23(28)29-14-18)24-30-31-25(35)34(24)21-4-2-3-20(26)22(21)27/h2-8,13-14H,9-12,15H2,1H3,(H2,28,29)(H,31,35). The Hall–Kier alpha value is -3.89. The summed E-state index contributed by atoms with van der Waals surface area (Å²) in [7, 11) is 2.14. The van der Waals surface area contributed by atoms with Gasteiger partial charge < -0.3 is 15.7 Å². The number of rotatable bonds is 5. The van der Waals surface area contributed by atoms with Gasteiger partial charge in [-0.05, 0) is 36.4 Å². The Kier molecular flexibility index (Phi) is 6.14. The molecular weight excluding hydrogens is 452 g/mol. The molecule has 180 valence electrons. The molecule has 0 saturated carbocycles. The predicted octanol–water partition coefficient (Wildman–Crippen LogP) is 3.31. The molecule has 1 saturated heterocycles. The van der Waals surface area contributed by atoms with Gasteiger partial charge in [0.15, 0.2) is 17.5 Å². The highest BCUT2D eigenvalue weighted by Crippen LogP contribution is 2.33. The first-order valence-electron chi connectivity index (χ1n) is 11.3. The van der Waals surface area contributed by atoms with Crippen molar-refractivity contribution in [3.63, 3.8) is 0 Å². The second kappa shape index (κ2) is 9.40. The lowest BCUT2D eigenvalue weighted by molar-refractivity contribution is 0.148. The van der Waals surface area contributed by atoms with Crippen LogP contribution in [-0.2, 0) is 6.54 Å². The number of nitrogens with zero attached hydrogens (tertiary/aromatic N) is 6. The van der Waals surface area contributed by atoms with Gasteiger partial charge in [-0.2, -0.15) is 0 Å². The van der Waals surface area contributed by atoms with Crippen LogP contribution in [0.4, 0.5) is 14.6 Å². The molecule has 1 fully saturated rings. The van der Waals surface area contributed by atoms with E-state index in [1.54, 1.807) is 12.3 Å². The molecule has 0 amide bonds. The van der Waals surface area contributed by atoms with Crippen molar-refractivity contribution in [1.82, 2.24) is 29.5 Å². The molecule has 2 aromatic carbocycles. The van der Waals surface area contributed by atoms with Gasteiger partial charge in [-0.25, -0.2) is 18.3 Å². The number of nitrogens with two attached hydrogens (primary N) is 1. The fourth-order valence-corrected chi connectivity index (χ4v) is 4.22. The molecule has 0 aliphatic carbocycles. The minimum absolute atomic E-state index is 0.0468. The molecule has 35 heavy (non-hydrogen) atoms. The molecule has 0 unspecified atom stereocenters. The minimum atomic E-state index is -1.14. The molecule has 0 radical (unpaired) electrons. The van der Waals surface area contributed by atoms with Crippen molar-refractivity contribution < 1.29 is 13.9 Å². The Morgan fingerprint density at radius 2 is 1.71 bits per heavy atom. The number of hydrogen-bond acceptors (Lipinski definition) is 7. The number of likely N-dealkylation sites (N-methyl/N-ethyl adjacent to an activating group) is 1. The smallest absolute Gasteiger partial charge is 0.319 e. The molecule has 3 heterocycles. The van der Waals surface area contributed by atoms with Gasteiger partial charge >= 0.3 is 6.01 Å². The highest BCUT2D eigenvalue weighted by molar-refractivity contribution is 5.77. The number of aromatic hydroxyl groups is 1. The largest absolute Gasteiger partial charge is 0.479 e. The second-order valence-electron chi connectivity index (χ2n) is 8.67. The summed E-state index contributed by atoms with van der Waals surface area (Å²) >= 11 is 0. The van der Waals surface area contributed by atoms with E-state index in [0.29, 0.717) is 5.56 Å². The zero-order chi connectivity index (χ0) is 24.5. The van der Waals surface area contributed by atoms with Gasteiger partial charge in [-0.1, -0.05) is 35.4 Å². The highest BCUT2D eigenvalue weighted by Gasteiger charge is 2.22. The number of anilines is 1. The fraction of sp³-hybridized carbons (Fsp3) is 0.240. The summed E-state index contributed by atoms with van der Waals surface area (Å²) in [4.78, 5) is 9.03. The van der Waals surface area contributed by atoms with E-state index in [9.17, 15) is 13.9 Å². The quantitative estimate of drug-likeness (QED) is 0.455. The number of piperazine rings is 1. The van der Waals surface area contributed by atoms with Crippen LogP contribution in [0.5, 0.6) is 6.01 Å². The zero-order valence-corrected chi connectivity index (χ0v) is 19.2. The molecule has 3 N–H and O–H groups in total. The number of nitrogen functional groups attached to an aromatic ring is 1. The molecule has 4 aromatic rings. The van der Waals surface area contributed by atoms with Crippen LogP contribution in [-0.4, -0.2) is 67.9 Å². The first kappa shape index (κ1) is 22.9. The van der Waals surface area contributed by atoms with E-state index in [4.69, 9.17) is 5.73 Å². The maximum Gasteiger partial charge on any atom is 0.319 e. The Morgan fingerprint density at radius 3 is 2.46 bits per heavy atom. The van der Waals surface area contributed by atoms with Gasteiger partial charge in [0.05, 0.1) is 11.3 Å². The summed E-state index contributed by atoms with van der Waals surface area (Å²) in [6, 6.07) is 13.0. The minimum Gasteiger partial charge on any atom is -0.479 e. The SMILES string of the molecule is CN1CCN(Cc2ccc(-c3cnc(N)c(-c4nnc(O)n4-c4cccc(F)c4F)c3)cc2)CC1. The van der Waals surface area contributed by atoms with Crippen LogP contribution >= 0.6 is 0 Å². The van der Waals surface area contributed by atoms with Crippen LogP contribution in [0.15, 0.2) is 54.7 Å². The van der Waals surface area contributed by atoms with Crippen molar-refractivity contribution in [2.75, 3.05) is 39.0 Å². The lowest BCUT2D eigenvalue weighted by Crippen LogP contribution is -2.43. The van der Waals surface area contributed by atoms with Crippen LogP contribution < -0.4 is 5.73 Å². The maximum atomic E-state index is 14.5. The normalized spacial score (nSPS) is 14.9. The molecule has 1 aliphatic rings. The van der Waals surface area contributed by atoms with Gasteiger partial charge in [0.25, 0.3) is 0 Å². The van der Waals surface area contributed by atoms with E-state index in [1.807, 2.05) is 12.1 Å². The second-order valence-corrected chi connectivity index (χ2v) is 8.67. The Labute approximate surface area is 201 Å². The van der Waals surface area contributed by atoms with Crippen molar-refractivity contribution in [3.8, 4) is 34.2 Å². The Balaban J connectivity index is 1.45. The summed E-state index contributed by atoms with van der Waals surface area (Å²) in [5, 5.41) is 17.9. The molecule has 0 spiro atoms. The topological polar surface area (TPSA) is 96.3 Å². The van der Waals surface area contributed by atoms with Gasteiger partial charge in [-0.3, -0.25) is 4.90 Å². The first-order chi connectivity index (χ1) is 16.9. The summed E-state index contributed by atoms with van der Waals surface area (Å²) in [6.45, 7) is 5.11. The zero-order valence-electron chi connectivity index (χ0n) is 19.2. The maximum absolute atomic E-state index is 14.5. The molecule has 0 bridgehead atoms. The van der Waals surface area contributed by atoms with Gasteiger partial charge in [-0.15, -0.1) is 5.10 Å². The Bertz CT molecular complexity index is 1350. The van der Waals surface area contributed by atoms with E-state index in [2.05, 4.69) is 44.2 Å². The predicted molar refractivity (Wildman–Crippen MR) is 129 cm³/mol. The van der Waals surface area contributed by atoms with Crippen LogP contribution in [0.1, 0.15) is 5.56 Å². The van der Waals surface area contributed by atoms with E-state index in [1.165, 1.54) is 17.7 Å². The van der Waals surface area contributed by atoms with E-state index in [-0.39, 0.29) is 17.3 Å². The van der Waals surface area contributed by atoms with Crippen molar-refractivity contribution in [2.24, 2.45) is 0 Å². The van der Waals surface area contributed by atoms with E-state index < -0.39 is 17.6 Å². The molecule has 5 rings (SSSR count). The van der Waals surface area contributed by atoms with Crippen LogP contribution in [0.3, 0.4) is 0 Å². The molecule has 10 heteroatoms. The van der Waals surface area contributed by atoms with Gasteiger partial charge in [0, 0.05) is 44.5 Å². The van der Waals surface area contributed by atoms with Crippen LogP contribution in [0.25, 0.3) is 28.2 Å². The summed E-state index contributed by atoms with van der Waals surface area (Å²) in [5.41, 5.74) is 9.09. The molecule has 2 aromatic heterocycles. The number of benzene rings is 2. The van der Waals surface area contributed by atoms with Gasteiger partial charge in [0.2, 0.25) is 0 Å². The van der Waals surface area contributed by atoms with E-state index in [0.717, 1.165) is 54.5 Å². The average Bonchev–Trinajstić information content (AvgIpc) is 3.24. The highest BCUT2D eigenvalue weighted by atomic mass is 19.2. The lowest BCUT2D eigenvalue weighted by Gasteiger charge is -2.32. The van der Waals surface area contributed by atoms with E-state index >= 15 is 0 Å². The summed E-state index contributed by atoms with van der Waals surface area (Å²) in [6.07, 6.45) is 1.64. The molecular formula is C25H25F2N7O. The van der Waals surface area contributed by atoms with Gasteiger partial charge in [0.1, 0.15) is 5.82 Å². The average molecular weight is 478 g/mol. The van der Waals surface area contributed by atoms with Crippen molar-refractivity contribution in [2.45, 2.75) is 6.54 Å². The number of halogens is 2. The number of hydrogen-bond donors (Lipinski definition) is 2. The number of pyridine rings is 1. The molecule has 8 nitrogen and oxygen atoms in total. The fourth-order valence-electron chi connectivity index (χ4n) is 4.22. The third-order valence-corrected chi connectivity index (χ3v) is 6.27.